The van der Waals surface area contributed by atoms with Crippen LogP contribution in [0.2, 0.25) is 5.02 Å². The number of H-pyrrole nitrogens is 1. The molecule has 142 valence electrons. The molecule has 1 aromatic carbocycles. The second-order valence-corrected chi connectivity index (χ2v) is 7.56. The standard InChI is InChI=1S/C17H17ClN4O4S/c1-9(15(24)26-3)27-17-19-13-12(14(23)20-16(25)21(13)2)22(17)8-10-6-4-5-7-11(10)18/h4-7,9H,8H2,1-3H3,(H,20,23,25)/t9-/m1/s1. The molecule has 0 aliphatic heterocycles. The zero-order chi connectivity index (χ0) is 19.7. The van der Waals surface area contributed by atoms with Crippen LogP contribution in [0.1, 0.15) is 12.5 Å². The summed E-state index contributed by atoms with van der Waals surface area (Å²) in [5.41, 5.74) is 0.129. The number of esters is 1. The number of halogens is 1. The van der Waals surface area contributed by atoms with E-state index in [4.69, 9.17) is 16.3 Å². The number of imidazole rings is 1. The monoisotopic (exact) mass is 408 g/mol. The van der Waals surface area contributed by atoms with Crippen molar-refractivity contribution < 1.29 is 9.53 Å². The summed E-state index contributed by atoms with van der Waals surface area (Å²) in [6, 6.07) is 7.23. The summed E-state index contributed by atoms with van der Waals surface area (Å²) in [6.45, 7) is 1.94. The first kappa shape index (κ1) is 19.2. The second-order valence-electron chi connectivity index (χ2n) is 5.85. The van der Waals surface area contributed by atoms with Gasteiger partial charge in [-0.05, 0) is 18.6 Å². The largest absolute Gasteiger partial charge is 0.468 e. The first-order chi connectivity index (χ1) is 12.8. The number of aromatic amines is 1. The molecule has 0 saturated heterocycles. The van der Waals surface area contributed by atoms with Gasteiger partial charge in [-0.2, -0.15) is 0 Å². The molecule has 2 aromatic heterocycles. The molecule has 3 rings (SSSR count). The van der Waals surface area contributed by atoms with Crippen LogP contribution in [0.3, 0.4) is 0 Å². The highest BCUT2D eigenvalue weighted by Gasteiger charge is 2.23. The SMILES string of the molecule is COC(=O)[C@@H](C)Sc1nc2c(c(=O)[nH]c(=O)n2C)n1Cc1ccccc1Cl. The van der Waals surface area contributed by atoms with Crippen LogP contribution in [0.15, 0.2) is 39.0 Å². The summed E-state index contributed by atoms with van der Waals surface area (Å²) in [4.78, 5) is 42.9. The number of aryl methyl sites for hydroxylation is 1. The van der Waals surface area contributed by atoms with Gasteiger partial charge in [-0.1, -0.05) is 41.6 Å². The van der Waals surface area contributed by atoms with Gasteiger partial charge in [-0.15, -0.1) is 0 Å². The fraction of sp³-hybridized carbons (Fsp3) is 0.294. The van der Waals surface area contributed by atoms with Gasteiger partial charge in [0, 0.05) is 12.1 Å². The van der Waals surface area contributed by atoms with E-state index in [9.17, 15) is 14.4 Å². The number of carbonyl (C=O) groups is 1. The van der Waals surface area contributed by atoms with Crippen molar-refractivity contribution in [1.29, 1.82) is 0 Å². The van der Waals surface area contributed by atoms with E-state index >= 15 is 0 Å². The van der Waals surface area contributed by atoms with Crippen LogP contribution >= 0.6 is 23.4 Å². The minimum atomic E-state index is -0.563. The highest BCUT2D eigenvalue weighted by atomic mass is 35.5. The number of rotatable bonds is 5. The molecule has 0 fully saturated rings. The maximum absolute atomic E-state index is 12.5. The molecule has 0 radical (unpaired) electrons. The Labute approximate surface area is 163 Å². The van der Waals surface area contributed by atoms with E-state index in [0.29, 0.717) is 10.2 Å². The number of carbonyl (C=O) groups excluding carboxylic acids is 1. The van der Waals surface area contributed by atoms with Crippen LogP contribution in [-0.2, 0) is 23.1 Å². The number of ether oxygens (including phenoxy) is 1. The highest BCUT2D eigenvalue weighted by Crippen LogP contribution is 2.28. The van der Waals surface area contributed by atoms with Crippen molar-refractivity contribution >= 4 is 40.5 Å². The smallest absolute Gasteiger partial charge is 0.329 e. The zero-order valence-electron chi connectivity index (χ0n) is 14.9. The molecular weight excluding hydrogens is 392 g/mol. The summed E-state index contributed by atoms with van der Waals surface area (Å²) < 4.78 is 7.67. The zero-order valence-corrected chi connectivity index (χ0v) is 16.4. The second kappa shape index (κ2) is 7.61. The van der Waals surface area contributed by atoms with Gasteiger partial charge in [0.25, 0.3) is 5.56 Å². The van der Waals surface area contributed by atoms with Crippen LogP contribution in [0.25, 0.3) is 11.2 Å². The summed E-state index contributed by atoms with van der Waals surface area (Å²) in [6.07, 6.45) is 0. The van der Waals surface area contributed by atoms with Crippen molar-refractivity contribution in [2.75, 3.05) is 7.11 Å². The van der Waals surface area contributed by atoms with Crippen molar-refractivity contribution in [3.8, 4) is 0 Å². The summed E-state index contributed by atoms with van der Waals surface area (Å²) in [5.74, 6) is -0.417. The van der Waals surface area contributed by atoms with Crippen LogP contribution in [0.5, 0.6) is 0 Å². The van der Waals surface area contributed by atoms with Crippen molar-refractivity contribution in [2.45, 2.75) is 23.9 Å². The number of methoxy groups -OCH3 is 1. The van der Waals surface area contributed by atoms with E-state index in [1.807, 2.05) is 18.2 Å². The molecule has 0 aliphatic carbocycles. The minimum absolute atomic E-state index is 0.232. The lowest BCUT2D eigenvalue weighted by Gasteiger charge is -2.12. The first-order valence-corrected chi connectivity index (χ1v) is 9.26. The Kier molecular flexibility index (Phi) is 5.43. The third kappa shape index (κ3) is 3.65. The van der Waals surface area contributed by atoms with Crippen LogP contribution in [-0.4, -0.2) is 37.4 Å². The van der Waals surface area contributed by atoms with Gasteiger partial charge in [0.1, 0.15) is 5.25 Å². The number of fused-ring (bicyclic) bond motifs is 1. The third-order valence-electron chi connectivity index (χ3n) is 4.07. The van der Waals surface area contributed by atoms with E-state index in [0.717, 1.165) is 17.3 Å². The Morgan fingerprint density at radius 1 is 1.37 bits per heavy atom. The number of benzene rings is 1. The molecule has 0 aliphatic rings. The number of hydrogen-bond donors (Lipinski definition) is 1. The number of nitrogens with zero attached hydrogens (tertiary/aromatic N) is 3. The average molecular weight is 409 g/mol. The lowest BCUT2D eigenvalue weighted by Crippen LogP contribution is -2.29. The van der Waals surface area contributed by atoms with Crippen LogP contribution in [0, 0.1) is 0 Å². The lowest BCUT2D eigenvalue weighted by atomic mass is 10.2. The first-order valence-electron chi connectivity index (χ1n) is 8.01. The van der Waals surface area contributed by atoms with Crippen LogP contribution < -0.4 is 11.2 Å². The molecular formula is C17H17ClN4O4S. The molecule has 27 heavy (non-hydrogen) atoms. The molecule has 0 bridgehead atoms. The van der Waals surface area contributed by atoms with Crippen LogP contribution in [0.4, 0.5) is 0 Å². The Hall–Kier alpha value is -2.52. The maximum atomic E-state index is 12.5. The molecule has 10 heteroatoms. The van der Waals surface area contributed by atoms with Gasteiger partial charge in [-0.25, -0.2) is 9.78 Å². The molecule has 3 aromatic rings. The van der Waals surface area contributed by atoms with Gasteiger partial charge in [0.2, 0.25) is 0 Å². The van der Waals surface area contributed by atoms with E-state index in [1.54, 1.807) is 17.6 Å². The van der Waals surface area contributed by atoms with Gasteiger partial charge in [-0.3, -0.25) is 19.1 Å². The van der Waals surface area contributed by atoms with Crippen molar-refractivity contribution in [1.82, 2.24) is 19.1 Å². The normalized spacial score (nSPS) is 12.3. The van der Waals surface area contributed by atoms with Crippen molar-refractivity contribution in [3.05, 3.63) is 55.7 Å². The van der Waals surface area contributed by atoms with Gasteiger partial charge < -0.3 is 9.30 Å². The molecule has 2 heterocycles. The topological polar surface area (TPSA) is 99.0 Å². The minimum Gasteiger partial charge on any atom is -0.468 e. The molecule has 8 nitrogen and oxygen atoms in total. The molecule has 0 amide bonds. The summed E-state index contributed by atoms with van der Waals surface area (Å²) in [7, 11) is 2.83. The quantitative estimate of drug-likeness (QED) is 0.510. The van der Waals surface area contributed by atoms with E-state index < -0.39 is 22.5 Å². The number of nitrogens with one attached hydrogen (secondary N) is 1. The predicted molar refractivity (Wildman–Crippen MR) is 103 cm³/mol. The van der Waals surface area contributed by atoms with Crippen molar-refractivity contribution in [3.63, 3.8) is 0 Å². The van der Waals surface area contributed by atoms with Gasteiger partial charge in [0.05, 0.1) is 13.7 Å². The van der Waals surface area contributed by atoms with Gasteiger partial charge >= 0.3 is 11.7 Å². The highest BCUT2D eigenvalue weighted by molar-refractivity contribution is 8.00. The Balaban J connectivity index is 2.21. The Morgan fingerprint density at radius 3 is 2.74 bits per heavy atom. The predicted octanol–water partition coefficient (Wildman–Crippen LogP) is 1.78. The molecule has 0 spiro atoms. The summed E-state index contributed by atoms with van der Waals surface area (Å²) >= 11 is 7.41. The molecule has 1 N–H and O–H groups in total. The lowest BCUT2D eigenvalue weighted by molar-refractivity contribution is -0.139. The third-order valence-corrected chi connectivity index (χ3v) is 5.51. The maximum Gasteiger partial charge on any atom is 0.329 e. The number of thioether (sulfide) groups is 1. The fourth-order valence-electron chi connectivity index (χ4n) is 2.62. The number of aromatic nitrogens is 4. The van der Waals surface area contributed by atoms with E-state index in [1.165, 1.54) is 18.7 Å². The number of hydrogen-bond acceptors (Lipinski definition) is 6. The Bertz CT molecular complexity index is 1130. The Morgan fingerprint density at radius 2 is 2.07 bits per heavy atom. The molecule has 1 atom stereocenters. The molecule has 0 saturated carbocycles. The molecule has 0 unspecified atom stereocenters. The van der Waals surface area contributed by atoms with E-state index in [2.05, 4.69) is 9.97 Å². The fourth-order valence-corrected chi connectivity index (χ4v) is 3.75. The van der Waals surface area contributed by atoms with Crippen molar-refractivity contribution in [2.24, 2.45) is 7.05 Å². The summed E-state index contributed by atoms with van der Waals surface area (Å²) in [5, 5.41) is 0.403. The van der Waals surface area contributed by atoms with E-state index in [-0.39, 0.29) is 17.7 Å². The van der Waals surface area contributed by atoms with Gasteiger partial charge in [0.15, 0.2) is 16.3 Å². The average Bonchev–Trinajstić information content (AvgIpc) is 2.99.